The Morgan fingerprint density at radius 2 is 1.94 bits per heavy atom. The lowest BCUT2D eigenvalue weighted by Crippen LogP contribution is -1.90. The Morgan fingerprint density at radius 3 is 2.62 bits per heavy atom. The molecule has 0 saturated heterocycles. The number of halogens is 2. The Kier molecular flexibility index (Phi) is 3.23. The van der Waals surface area contributed by atoms with Gasteiger partial charge in [0, 0.05) is 15.5 Å². The van der Waals surface area contributed by atoms with Crippen LogP contribution >= 0.6 is 22.6 Å². The first-order valence-electron chi connectivity index (χ1n) is 4.96. The number of nitrogens with zero attached hydrogens (tertiary/aromatic N) is 1. The highest BCUT2D eigenvalue weighted by Crippen LogP contribution is 2.26. The fourth-order valence-electron chi connectivity index (χ4n) is 1.67. The molecule has 0 aliphatic carbocycles. The molecule has 1 aromatic heterocycles. The highest BCUT2D eigenvalue weighted by Gasteiger charge is 2.07. The van der Waals surface area contributed by atoms with E-state index >= 15 is 0 Å². The van der Waals surface area contributed by atoms with Crippen LogP contribution in [0.15, 0.2) is 30.5 Å². The molecule has 0 aliphatic heterocycles. The summed E-state index contributed by atoms with van der Waals surface area (Å²) in [5.41, 5.74) is 3.97. The molecule has 0 amide bonds. The van der Waals surface area contributed by atoms with E-state index in [1.165, 1.54) is 0 Å². The second-order valence-electron chi connectivity index (χ2n) is 3.77. The summed E-state index contributed by atoms with van der Waals surface area (Å²) in [7, 11) is 0. The minimum Gasteiger partial charge on any atom is -0.262 e. The molecule has 0 unspecified atom stereocenters. The van der Waals surface area contributed by atoms with Gasteiger partial charge in [0.25, 0.3) is 0 Å². The quantitative estimate of drug-likeness (QED) is 0.719. The molecule has 0 aliphatic rings. The van der Waals surface area contributed by atoms with Crippen LogP contribution in [0.2, 0.25) is 0 Å². The summed E-state index contributed by atoms with van der Waals surface area (Å²) in [5, 5.41) is 0. The van der Waals surface area contributed by atoms with Crippen LogP contribution in [-0.2, 0) is 0 Å². The van der Waals surface area contributed by atoms with Gasteiger partial charge < -0.3 is 0 Å². The van der Waals surface area contributed by atoms with Crippen molar-refractivity contribution in [2.24, 2.45) is 0 Å². The maximum atomic E-state index is 13.5. The van der Waals surface area contributed by atoms with Gasteiger partial charge in [0.2, 0.25) is 0 Å². The predicted molar refractivity (Wildman–Crippen MR) is 71.8 cm³/mol. The normalized spacial score (nSPS) is 10.5. The molecule has 1 heterocycles. The van der Waals surface area contributed by atoms with Crippen molar-refractivity contribution in [1.29, 1.82) is 0 Å². The van der Waals surface area contributed by atoms with Gasteiger partial charge in [0.05, 0.1) is 0 Å². The van der Waals surface area contributed by atoms with Crippen LogP contribution in [0.1, 0.15) is 11.3 Å². The monoisotopic (exact) mass is 327 g/mol. The Hall–Kier alpha value is -0.970. The molecule has 2 aromatic rings. The summed E-state index contributed by atoms with van der Waals surface area (Å²) in [6.45, 7) is 3.93. The molecule has 0 radical (unpaired) electrons. The van der Waals surface area contributed by atoms with E-state index in [0.717, 1.165) is 22.4 Å². The zero-order valence-corrected chi connectivity index (χ0v) is 11.2. The summed E-state index contributed by atoms with van der Waals surface area (Å²) < 4.78 is 14.2. The first-order valence-corrected chi connectivity index (χ1v) is 6.04. The van der Waals surface area contributed by atoms with E-state index in [1.807, 2.05) is 54.6 Å². The van der Waals surface area contributed by atoms with E-state index in [1.54, 1.807) is 12.3 Å². The van der Waals surface area contributed by atoms with Crippen LogP contribution in [0.3, 0.4) is 0 Å². The minimum atomic E-state index is -0.171. The average Bonchev–Trinajstić information content (AvgIpc) is 2.23. The molecule has 0 bridgehead atoms. The summed E-state index contributed by atoms with van der Waals surface area (Å²) in [6, 6.07) is 7.32. The number of hydrogen-bond acceptors (Lipinski definition) is 1. The lowest BCUT2D eigenvalue weighted by molar-refractivity contribution is 0.620. The average molecular weight is 327 g/mol. The molecule has 0 fully saturated rings. The maximum absolute atomic E-state index is 13.5. The Bertz CT molecular complexity index is 537. The molecule has 0 atom stereocenters. The molecule has 82 valence electrons. The van der Waals surface area contributed by atoms with Crippen LogP contribution in [0, 0.1) is 23.2 Å². The molecule has 16 heavy (non-hydrogen) atoms. The van der Waals surface area contributed by atoms with E-state index in [9.17, 15) is 4.39 Å². The Labute approximate surface area is 108 Å². The van der Waals surface area contributed by atoms with Gasteiger partial charge in [-0.25, -0.2) is 4.39 Å². The molecular formula is C13H11FIN. The standard InChI is InChI=1S/C13H11FIN/c1-8-5-13(15)12(14)7-11(8)10-3-4-16-9(2)6-10/h3-7H,1-2H3. The van der Waals surface area contributed by atoms with Gasteiger partial charge in [-0.15, -0.1) is 0 Å². The highest BCUT2D eigenvalue weighted by atomic mass is 127. The summed E-state index contributed by atoms with van der Waals surface area (Å²) in [5.74, 6) is -0.171. The summed E-state index contributed by atoms with van der Waals surface area (Å²) in [4.78, 5) is 4.14. The summed E-state index contributed by atoms with van der Waals surface area (Å²) >= 11 is 2.01. The molecule has 2 rings (SSSR count). The molecule has 0 spiro atoms. The van der Waals surface area contributed by atoms with Gasteiger partial charge in [-0.2, -0.15) is 0 Å². The molecule has 1 aromatic carbocycles. The molecule has 0 N–H and O–H groups in total. The van der Waals surface area contributed by atoms with Crippen molar-refractivity contribution in [3.8, 4) is 11.1 Å². The second kappa shape index (κ2) is 4.49. The molecular weight excluding hydrogens is 316 g/mol. The smallest absolute Gasteiger partial charge is 0.137 e. The molecule has 0 saturated carbocycles. The van der Waals surface area contributed by atoms with Gasteiger partial charge in [-0.1, -0.05) is 0 Å². The van der Waals surface area contributed by atoms with Crippen molar-refractivity contribution < 1.29 is 4.39 Å². The van der Waals surface area contributed by atoms with Gasteiger partial charge in [-0.05, 0) is 77.4 Å². The third kappa shape index (κ3) is 2.24. The first-order chi connectivity index (χ1) is 7.58. The Morgan fingerprint density at radius 1 is 1.19 bits per heavy atom. The van der Waals surface area contributed by atoms with Crippen LogP contribution < -0.4 is 0 Å². The minimum absolute atomic E-state index is 0.171. The predicted octanol–water partition coefficient (Wildman–Crippen LogP) is 4.11. The zero-order chi connectivity index (χ0) is 11.7. The highest BCUT2D eigenvalue weighted by molar-refractivity contribution is 14.1. The van der Waals surface area contributed by atoms with Gasteiger partial charge in [-0.3, -0.25) is 4.98 Å². The lowest BCUT2D eigenvalue weighted by Gasteiger charge is -2.08. The number of hydrogen-bond donors (Lipinski definition) is 0. The van der Waals surface area contributed by atoms with Crippen LogP contribution in [-0.4, -0.2) is 4.98 Å². The number of aryl methyl sites for hydroxylation is 2. The van der Waals surface area contributed by atoms with Crippen molar-refractivity contribution in [1.82, 2.24) is 4.98 Å². The van der Waals surface area contributed by atoms with Crippen molar-refractivity contribution in [2.45, 2.75) is 13.8 Å². The van der Waals surface area contributed by atoms with Crippen molar-refractivity contribution in [2.75, 3.05) is 0 Å². The van der Waals surface area contributed by atoms with E-state index in [-0.39, 0.29) is 5.82 Å². The van der Waals surface area contributed by atoms with Gasteiger partial charge >= 0.3 is 0 Å². The first kappa shape index (κ1) is 11.5. The molecule has 1 nitrogen and oxygen atoms in total. The summed E-state index contributed by atoms with van der Waals surface area (Å²) in [6.07, 6.45) is 1.75. The third-order valence-corrected chi connectivity index (χ3v) is 3.30. The SMILES string of the molecule is Cc1cc(-c2cc(F)c(I)cc2C)ccn1. The second-order valence-corrected chi connectivity index (χ2v) is 4.93. The van der Waals surface area contributed by atoms with Gasteiger partial charge in [0.1, 0.15) is 5.82 Å². The maximum Gasteiger partial charge on any atom is 0.137 e. The van der Waals surface area contributed by atoms with Crippen molar-refractivity contribution >= 4 is 22.6 Å². The number of pyridine rings is 1. The topological polar surface area (TPSA) is 12.9 Å². The number of benzene rings is 1. The van der Waals surface area contributed by atoms with Crippen LogP contribution in [0.4, 0.5) is 4.39 Å². The van der Waals surface area contributed by atoms with Crippen molar-refractivity contribution in [3.05, 3.63) is 51.1 Å². The van der Waals surface area contributed by atoms with Crippen molar-refractivity contribution in [3.63, 3.8) is 0 Å². The van der Waals surface area contributed by atoms with E-state index in [2.05, 4.69) is 4.98 Å². The lowest BCUT2D eigenvalue weighted by atomic mass is 10.0. The fraction of sp³-hybridized carbons (Fsp3) is 0.154. The molecule has 3 heteroatoms. The van der Waals surface area contributed by atoms with Crippen LogP contribution in [0.5, 0.6) is 0 Å². The largest absolute Gasteiger partial charge is 0.262 e. The van der Waals surface area contributed by atoms with Crippen LogP contribution in [0.25, 0.3) is 11.1 Å². The third-order valence-electron chi connectivity index (χ3n) is 2.47. The Balaban J connectivity index is 2.60. The van der Waals surface area contributed by atoms with E-state index < -0.39 is 0 Å². The number of rotatable bonds is 1. The zero-order valence-electron chi connectivity index (χ0n) is 9.09. The number of aromatic nitrogens is 1. The van der Waals surface area contributed by atoms with E-state index in [0.29, 0.717) is 3.57 Å². The van der Waals surface area contributed by atoms with E-state index in [4.69, 9.17) is 0 Å². The fourth-order valence-corrected chi connectivity index (χ4v) is 2.29. The van der Waals surface area contributed by atoms with Gasteiger partial charge in [0.15, 0.2) is 0 Å².